The summed E-state index contributed by atoms with van der Waals surface area (Å²) in [5, 5.41) is 2.85. The van der Waals surface area contributed by atoms with Crippen LogP contribution in [0.15, 0.2) is 42.5 Å². The Morgan fingerprint density at radius 3 is 2.80 bits per heavy atom. The minimum Gasteiger partial charge on any atom is -0.484 e. The molecule has 0 spiro atoms. The fourth-order valence-electron chi connectivity index (χ4n) is 3.04. The summed E-state index contributed by atoms with van der Waals surface area (Å²) < 4.78 is 5.52. The van der Waals surface area contributed by atoms with Crippen molar-refractivity contribution in [1.82, 2.24) is 0 Å². The lowest BCUT2D eigenvalue weighted by atomic mass is 10.0. The van der Waals surface area contributed by atoms with Crippen LogP contribution in [0.5, 0.6) is 5.75 Å². The van der Waals surface area contributed by atoms with Gasteiger partial charge in [0.25, 0.3) is 5.91 Å². The Hall–Kier alpha value is -2.82. The van der Waals surface area contributed by atoms with E-state index in [-0.39, 0.29) is 18.4 Å². The SMILES string of the molecule is CCN1C(=O)CCc2cc(NC(=O)COc3cccc(C)c3)ccc21. The topological polar surface area (TPSA) is 58.6 Å². The number of hydrogen-bond donors (Lipinski definition) is 1. The average Bonchev–Trinajstić information content (AvgIpc) is 2.60. The fourth-order valence-corrected chi connectivity index (χ4v) is 3.04. The molecule has 130 valence electrons. The first-order chi connectivity index (χ1) is 12.1. The third kappa shape index (κ3) is 3.99. The summed E-state index contributed by atoms with van der Waals surface area (Å²) >= 11 is 0. The Kier molecular flexibility index (Phi) is 5.03. The zero-order valence-corrected chi connectivity index (χ0v) is 14.5. The summed E-state index contributed by atoms with van der Waals surface area (Å²) in [4.78, 5) is 25.8. The Labute approximate surface area is 147 Å². The third-order valence-electron chi connectivity index (χ3n) is 4.24. The van der Waals surface area contributed by atoms with E-state index in [0.717, 1.165) is 22.5 Å². The number of nitrogens with one attached hydrogen (secondary N) is 1. The van der Waals surface area contributed by atoms with Crippen LogP contribution in [0.25, 0.3) is 0 Å². The maximum Gasteiger partial charge on any atom is 0.262 e. The summed E-state index contributed by atoms with van der Waals surface area (Å²) in [6, 6.07) is 13.3. The second kappa shape index (κ2) is 7.38. The Morgan fingerprint density at radius 1 is 1.20 bits per heavy atom. The predicted molar refractivity (Wildman–Crippen MR) is 98.1 cm³/mol. The lowest BCUT2D eigenvalue weighted by molar-refractivity contribution is -0.119. The molecule has 0 bridgehead atoms. The number of rotatable bonds is 5. The Bertz CT molecular complexity index is 801. The van der Waals surface area contributed by atoms with Crippen LogP contribution in [0.4, 0.5) is 11.4 Å². The molecule has 0 aromatic heterocycles. The second-order valence-corrected chi connectivity index (χ2v) is 6.13. The van der Waals surface area contributed by atoms with E-state index in [1.807, 2.05) is 56.3 Å². The normalized spacial score (nSPS) is 13.4. The van der Waals surface area contributed by atoms with Gasteiger partial charge in [-0.25, -0.2) is 0 Å². The number of nitrogens with zero attached hydrogens (tertiary/aromatic N) is 1. The average molecular weight is 338 g/mol. The van der Waals surface area contributed by atoms with Gasteiger partial charge in [-0.1, -0.05) is 12.1 Å². The van der Waals surface area contributed by atoms with Gasteiger partial charge in [0.2, 0.25) is 5.91 Å². The molecule has 0 fully saturated rings. The summed E-state index contributed by atoms with van der Waals surface area (Å²) in [5.41, 5.74) is 3.83. The summed E-state index contributed by atoms with van der Waals surface area (Å²) in [7, 11) is 0. The molecule has 5 heteroatoms. The molecule has 2 amide bonds. The molecule has 0 radical (unpaired) electrons. The monoisotopic (exact) mass is 338 g/mol. The van der Waals surface area contributed by atoms with Gasteiger partial charge < -0.3 is 15.0 Å². The Morgan fingerprint density at radius 2 is 2.04 bits per heavy atom. The van der Waals surface area contributed by atoms with E-state index in [2.05, 4.69) is 5.32 Å². The number of carbonyl (C=O) groups is 2. The maximum absolute atomic E-state index is 12.1. The highest BCUT2D eigenvalue weighted by Crippen LogP contribution is 2.30. The molecule has 2 aromatic rings. The van der Waals surface area contributed by atoms with Crippen LogP contribution in [0.2, 0.25) is 0 Å². The molecule has 0 saturated heterocycles. The van der Waals surface area contributed by atoms with E-state index in [1.165, 1.54) is 0 Å². The van der Waals surface area contributed by atoms with Crippen LogP contribution in [0, 0.1) is 6.92 Å². The predicted octanol–water partition coefficient (Wildman–Crippen LogP) is 3.31. The van der Waals surface area contributed by atoms with Gasteiger partial charge in [0.05, 0.1) is 0 Å². The molecule has 1 aliphatic rings. The highest BCUT2D eigenvalue weighted by molar-refractivity contribution is 5.97. The van der Waals surface area contributed by atoms with Crippen molar-refractivity contribution in [2.75, 3.05) is 23.4 Å². The zero-order chi connectivity index (χ0) is 17.8. The van der Waals surface area contributed by atoms with Crippen molar-refractivity contribution < 1.29 is 14.3 Å². The second-order valence-electron chi connectivity index (χ2n) is 6.13. The first-order valence-electron chi connectivity index (χ1n) is 8.49. The maximum atomic E-state index is 12.1. The highest BCUT2D eigenvalue weighted by Gasteiger charge is 2.22. The fraction of sp³-hybridized carbons (Fsp3) is 0.300. The van der Waals surface area contributed by atoms with Crippen molar-refractivity contribution in [3.05, 3.63) is 53.6 Å². The minimum absolute atomic E-state index is 0.0416. The van der Waals surface area contributed by atoms with E-state index < -0.39 is 0 Å². The molecule has 0 atom stereocenters. The molecule has 1 N–H and O–H groups in total. The van der Waals surface area contributed by atoms with Crippen LogP contribution in [-0.2, 0) is 16.0 Å². The molecule has 0 unspecified atom stereocenters. The number of hydrogen-bond acceptors (Lipinski definition) is 3. The number of amides is 2. The molecule has 0 saturated carbocycles. The van der Waals surface area contributed by atoms with Crippen LogP contribution in [0.3, 0.4) is 0 Å². The number of benzene rings is 2. The van der Waals surface area contributed by atoms with Crippen molar-refractivity contribution in [1.29, 1.82) is 0 Å². The molecule has 1 heterocycles. The van der Waals surface area contributed by atoms with Gasteiger partial charge in [-0.3, -0.25) is 9.59 Å². The van der Waals surface area contributed by atoms with Gasteiger partial charge in [0.1, 0.15) is 5.75 Å². The molecular formula is C20H22N2O3. The van der Waals surface area contributed by atoms with Gasteiger partial charge in [-0.2, -0.15) is 0 Å². The largest absolute Gasteiger partial charge is 0.484 e. The molecule has 1 aliphatic heterocycles. The van der Waals surface area contributed by atoms with Crippen LogP contribution in [-0.4, -0.2) is 25.0 Å². The van der Waals surface area contributed by atoms with Gasteiger partial charge in [-0.15, -0.1) is 0 Å². The summed E-state index contributed by atoms with van der Waals surface area (Å²) in [6.07, 6.45) is 1.21. The van der Waals surface area contributed by atoms with E-state index in [9.17, 15) is 9.59 Å². The zero-order valence-electron chi connectivity index (χ0n) is 14.5. The van der Waals surface area contributed by atoms with Crippen molar-refractivity contribution in [2.24, 2.45) is 0 Å². The summed E-state index contributed by atoms with van der Waals surface area (Å²) in [5.74, 6) is 0.622. The smallest absolute Gasteiger partial charge is 0.262 e. The lowest BCUT2D eigenvalue weighted by Crippen LogP contribution is -2.34. The molecule has 2 aromatic carbocycles. The first-order valence-corrected chi connectivity index (χ1v) is 8.49. The van der Waals surface area contributed by atoms with Crippen molar-refractivity contribution in [3.63, 3.8) is 0 Å². The molecule has 3 rings (SSSR count). The van der Waals surface area contributed by atoms with Crippen molar-refractivity contribution in [3.8, 4) is 5.75 Å². The van der Waals surface area contributed by atoms with Gasteiger partial charge >= 0.3 is 0 Å². The van der Waals surface area contributed by atoms with Crippen molar-refractivity contribution in [2.45, 2.75) is 26.7 Å². The van der Waals surface area contributed by atoms with E-state index in [4.69, 9.17) is 4.74 Å². The molecule has 5 nitrogen and oxygen atoms in total. The number of anilines is 2. The van der Waals surface area contributed by atoms with E-state index in [0.29, 0.717) is 25.1 Å². The number of fused-ring (bicyclic) bond motifs is 1. The lowest BCUT2D eigenvalue weighted by Gasteiger charge is -2.28. The number of aryl methyl sites for hydroxylation is 2. The highest BCUT2D eigenvalue weighted by atomic mass is 16.5. The quantitative estimate of drug-likeness (QED) is 0.910. The first kappa shape index (κ1) is 17.0. The molecular weight excluding hydrogens is 316 g/mol. The Balaban J connectivity index is 1.63. The van der Waals surface area contributed by atoms with Crippen LogP contribution < -0.4 is 15.0 Å². The van der Waals surface area contributed by atoms with E-state index >= 15 is 0 Å². The van der Waals surface area contributed by atoms with Gasteiger partial charge in [-0.05, 0) is 61.7 Å². The number of carbonyl (C=O) groups excluding carboxylic acids is 2. The van der Waals surface area contributed by atoms with Crippen LogP contribution in [0.1, 0.15) is 24.5 Å². The van der Waals surface area contributed by atoms with Crippen LogP contribution >= 0.6 is 0 Å². The van der Waals surface area contributed by atoms with Gasteiger partial charge in [0, 0.05) is 24.3 Å². The van der Waals surface area contributed by atoms with Gasteiger partial charge in [0.15, 0.2) is 6.61 Å². The van der Waals surface area contributed by atoms with Crippen molar-refractivity contribution >= 4 is 23.2 Å². The number of ether oxygens (including phenoxy) is 1. The minimum atomic E-state index is -0.208. The van der Waals surface area contributed by atoms with E-state index in [1.54, 1.807) is 4.90 Å². The standard InChI is InChI=1S/C20H22N2O3/c1-3-22-18-9-8-16(12-15(18)7-10-20(22)24)21-19(23)13-25-17-6-4-5-14(2)11-17/h4-6,8-9,11-12H,3,7,10,13H2,1-2H3,(H,21,23). The molecule has 0 aliphatic carbocycles. The summed E-state index contributed by atoms with van der Waals surface area (Å²) in [6.45, 7) is 4.55. The molecule has 25 heavy (non-hydrogen) atoms. The third-order valence-corrected chi connectivity index (χ3v) is 4.24.